The van der Waals surface area contributed by atoms with E-state index >= 15 is 0 Å². The molecule has 1 N–H and O–H groups in total. The maximum Gasteiger partial charge on any atom is 0.117 e. The van der Waals surface area contributed by atoms with Gasteiger partial charge in [0.25, 0.3) is 0 Å². The lowest BCUT2D eigenvalue weighted by Gasteiger charge is -2.20. The van der Waals surface area contributed by atoms with Gasteiger partial charge in [-0.3, -0.25) is 4.90 Å². The van der Waals surface area contributed by atoms with Crippen LogP contribution in [0.1, 0.15) is 25.0 Å². The molecule has 1 aliphatic rings. The summed E-state index contributed by atoms with van der Waals surface area (Å²) in [5.74, 6) is 1.09. The van der Waals surface area contributed by atoms with Crippen LogP contribution < -0.4 is 5.32 Å². The van der Waals surface area contributed by atoms with Crippen molar-refractivity contribution in [2.75, 3.05) is 20.1 Å². The topological polar surface area (TPSA) is 28.4 Å². The second kappa shape index (κ2) is 5.33. The second-order valence-electron chi connectivity index (χ2n) is 4.24. The van der Waals surface area contributed by atoms with E-state index in [1.165, 1.54) is 25.8 Å². The smallest absolute Gasteiger partial charge is 0.117 e. The van der Waals surface area contributed by atoms with Gasteiger partial charge in [0.05, 0.1) is 12.8 Å². The summed E-state index contributed by atoms with van der Waals surface area (Å²) in [6.07, 6.45) is 5.70. The van der Waals surface area contributed by atoms with Crippen molar-refractivity contribution in [1.82, 2.24) is 10.2 Å². The number of rotatable bonds is 7. The maximum atomic E-state index is 5.39. The molecule has 1 aromatic rings. The van der Waals surface area contributed by atoms with Crippen LogP contribution >= 0.6 is 0 Å². The quantitative estimate of drug-likeness (QED) is 0.693. The van der Waals surface area contributed by atoms with Gasteiger partial charge in [-0.05, 0) is 45.0 Å². The van der Waals surface area contributed by atoms with Gasteiger partial charge in [0.1, 0.15) is 5.76 Å². The Morgan fingerprint density at radius 2 is 2.40 bits per heavy atom. The summed E-state index contributed by atoms with van der Waals surface area (Å²) in [5, 5.41) is 3.19. The highest BCUT2D eigenvalue weighted by molar-refractivity contribution is 4.99. The first-order valence-electron chi connectivity index (χ1n) is 5.81. The third-order valence-corrected chi connectivity index (χ3v) is 2.87. The molecule has 0 unspecified atom stereocenters. The van der Waals surface area contributed by atoms with E-state index in [1.807, 2.05) is 13.1 Å². The third kappa shape index (κ3) is 3.36. The van der Waals surface area contributed by atoms with E-state index in [0.29, 0.717) is 0 Å². The Labute approximate surface area is 91.4 Å². The fourth-order valence-corrected chi connectivity index (χ4v) is 1.89. The molecule has 1 saturated carbocycles. The number of furan rings is 1. The molecule has 0 radical (unpaired) electrons. The summed E-state index contributed by atoms with van der Waals surface area (Å²) in [5.41, 5.74) is 0. The van der Waals surface area contributed by atoms with E-state index in [-0.39, 0.29) is 0 Å². The minimum Gasteiger partial charge on any atom is -0.468 e. The Kier molecular flexibility index (Phi) is 3.80. The zero-order valence-corrected chi connectivity index (χ0v) is 9.41. The first kappa shape index (κ1) is 10.7. The predicted molar refractivity (Wildman–Crippen MR) is 60.7 cm³/mol. The Balaban J connectivity index is 1.78. The lowest BCUT2D eigenvalue weighted by Crippen LogP contribution is -2.28. The summed E-state index contributed by atoms with van der Waals surface area (Å²) in [6.45, 7) is 3.25. The molecule has 2 rings (SSSR count). The van der Waals surface area contributed by atoms with Crippen molar-refractivity contribution in [3.63, 3.8) is 0 Å². The Morgan fingerprint density at radius 1 is 1.53 bits per heavy atom. The molecule has 0 saturated heterocycles. The van der Waals surface area contributed by atoms with Crippen LogP contribution in [0, 0.1) is 0 Å². The monoisotopic (exact) mass is 208 g/mol. The molecule has 0 bridgehead atoms. The van der Waals surface area contributed by atoms with E-state index in [9.17, 15) is 0 Å². The van der Waals surface area contributed by atoms with Gasteiger partial charge in [0.2, 0.25) is 0 Å². The van der Waals surface area contributed by atoms with Gasteiger partial charge in [-0.1, -0.05) is 0 Å². The van der Waals surface area contributed by atoms with Gasteiger partial charge in [-0.15, -0.1) is 0 Å². The van der Waals surface area contributed by atoms with Crippen molar-refractivity contribution >= 4 is 0 Å². The zero-order valence-electron chi connectivity index (χ0n) is 9.41. The molecule has 1 aromatic heterocycles. The fraction of sp³-hybridized carbons (Fsp3) is 0.667. The zero-order chi connectivity index (χ0) is 10.5. The van der Waals surface area contributed by atoms with Crippen LogP contribution in [0.4, 0.5) is 0 Å². The van der Waals surface area contributed by atoms with Crippen molar-refractivity contribution in [1.29, 1.82) is 0 Å². The van der Waals surface area contributed by atoms with Crippen molar-refractivity contribution in [2.24, 2.45) is 0 Å². The molecule has 1 fully saturated rings. The molecule has 0 aromatic carbocycles. The van der Waals surface area contributed by atoms with Gasteiger partial charge < -0.3 is 9.73 Å². The minimum absolute atomic E-state index is 0.812. The van der Waals surface area contributed by atoms with E-state index < -0.39 is 0 Å². The lowest BCUT2D eigenvalue weighted by molar-refractivity contribution is 0.231. The number of hydrogen-bond acceptors (Lipinski definition) is 3. The number of hydrogen-bond donors (Lipinski definition) is 1. The molecule has 84 valence electrons. The molecule has 0 spiro atoms. The van der Waals surface area contributed by atoms with Gasteiger partial charge in [-0.25, -0.2) is 0 Å². The molecule has 15 heavy (non-hydrogen) atoms. The summed E-state index contributed by atoms with van der Waals surface area (Å²) in [4.78, 5) is 2.54. The summed E-state index contributed by atoms with van der Waals surface area (Å²) in [6, 6.07) is 4.84. The van der Waals surface area contributed by atoms with Crippen molar-refractivity contribution in [3.8, 4) is 0 Å². The molecule has 0 atom stereocenters. The predicted octanol–water partition coefficient (Wildman–Crippen LogP) is 1.85. The summed E-state index contributed by atoms with van der Waals surface area (Å²) < 4.78 is 5.39. The minimum atomic E-state index is 0.812. The molecule has 3 heteroatoms. The first-order chi connectivity index (χ1) is 7.40. The van der Waals surface area contributed by atoms with E-state index in [1.54, 1.807) is 6.26 Å². The standard InChI is InChI=1S/C12H20N2O/c1-13-7-3-8-14(11-5-6-11)10-12-4-2-9-15-12/h2,4,9,11,13H,3,5-8,10H2,1H3. The normalized spacial score (nSPS) is 16.1. The van der Waals surface area contributed by atoms with Crippen LogP contribution in [-0.4, -0.2) is 31.1 Å². The second-order valence-corrected chi connectivity index (χ2v) is 4.24. The van der Waals surface area contributed by atoms with E-state index in [4.69, 9.17) is 4.42 Å². The molecule has 0 amide bonds. The molecule has 3 nitrogen and oxygen atoms in total. The third-order valence-electron chi connectivity index (χ3n) is 2.87. The van der Waals surface area contributed by atoms with Gasteiger partial charge in [-0.2, -0.15) is 0 Å². The average molecular weight is 208 g/mol. The SMILES string of the molecule is CNCCCN(Cc1ccco1)C1CC1. The highest BCUT2D eigenvalue weighted by Crippen LogP contribution is 2.28. The number of nitrogens with one attached hydrogen (secondary N) is 1. The Morgan fingerprint density at radius 3 is 3.00 bits per heavy atom. The average Bonchev–Trinajstić information content (AvgIpc) is 2.97. The fourth-order valence-electron chi connectivity index (χ4n) is 1.89. The van der Waals surface area contributed by atoms with Crippen LogP contribution in [0.25, 0.3) is 0 Å². The van der Waals surface area contributed by atoms with E-state index in [0.717, 1.165) is 24.9 Å². The van der Waals surface area contributed by atoms with E-state index in [2.05, 4.69) is 16.3 Å². The summed E-state index contributed by atoms with van der Waals surface area (Å²) in [7, 11) is 2.01. The molecular weight excluding hydrogens is 188 g/mol. The lowest BCUT2D eigenvalue weighted by atomic mass is 10.3. The molecule has 1 aliphatic carbocycles. The maximum absolute atomic E-state index is 5.39. The van der Waals surface area contributed by atoms with Crippen LogP contribution in [0.15, 0.2) is 22.8 Å². The van der Waals surface area contributed by atoms with Crippen LogP contribution in [-0.2, 0) is 6.54 Å². The highest BCUT2D eigenvalue weighted by atomic mass is 16.3. The highest BCUT2D eigenvalue weighted by Gasteiger charge is 2.28. The van der Waals surface area contributed by atoms with Crippen LogP contribution in [0.3, 0.4) is 0 Å². The molecule has 0 aliphatic heterocycles. The Hall–Kier alpha value is -0.800. The largest absolute Gasteiger partial charge is 0.468 e. The van der Waals surface area contributed by atoms with Gasteiger partial charge in [0.15, 0.2) is 0 Å². The van der Waals surface area contributed by atoms with Gasteiger partial charge in [0, 0.05) is 12.6 Å². The summed E-state index contributed by atoms with van der Waals surface area (Å²) >= 11 is 0. The number of nitrogens with zero attached hydrogens (tertiary/aromatic N) is 1. The van der Waals surface area contributed by atoms with Crippen molar-refractivity contribution < 1.29 is 4.42 Å². The first-order valence-corrected chi connectivity index (χ1v) is 5.81. The van der Waals surface area contributed by atoms with Crippen LogP contribution in [0.2, 0.25) is 0 Å². The molecule has 1 heterocycles. The van der Waals surface area contributed by atoms with Crippen molar-refractivity contribution in [2.45, 2.75) is 31.8 Å². The van der Waals surface area contributed by atoms with Crippen molar-refractivity contribution in [3.05, 3.63) is 24.2 Å². The van der Waals surface area contributed by atoms with Gasteiger partial charge >= 0.3 is 0 Å². The molecular formula is C12H20N2O. The Bertz CT molecular complexity index is 267. The van der Waals surface area contributed by atoms with Crippen LogP contribution in [0.5, 0.6) is 0 Å².